The fourth-order valence-corrected chi connectivity index (χ4v) is 0.728. The molecule has 0 bridgehead atoms. The summed E-state index contributed by atoms with van der Waals surface area (Å²) in [6.45, 7) is 3.76. The molecule has 2 nitrogen and oxygen atoms in total. The molecule has 0 unspecified atom stereocenters. The molecule has 0 amide bonds. The second-order valence-corrected chi connectivity index (χ2v) is 2.17. The molecule has 0 spiro atoms. The molecule has 0 aromatic carbocycles. The van der Waals surface area contributed by atoms with E-state index in [2.05, 4.69) is 16.8 Å². The van der Waals surface area contributed by atoms with Crippen LogP contribution in [0.1, 0.15) is 12.6 Å². The summed E-state index contributed by atoms with van der Waals surface area (Å²) in [5.74, 6) is 5.60. The third kappa shape index (κ3) is 2.30. The van der Waals surface area contributed by atoms with Crippen molar-refractivity contribution in [3.05, 3.63) is 24.3 Å². The molecule has 0 radical (unpaired) electrons. The zero-order valence-electron chi connectivity index (χ0n) is 6.70. The molecule has 0 saturated carbocycles. The van der Waals surface area contributed by atoms with Gasteiger partial charge in [0.2, 0.25) is 0 Å². The van der Waals surface area contributed by atoms with Crippen LogP contribution in [0.3, 0.4) is 0 Å². The van der Waals surface area contributed by atoms with Gasteiger partial charge in [-0.25, -0.2) is 4.98 Å². The van der Waals surface area contributed by atoms with Crippen LogP contribution >= 0.6 is 0 Å². The molecule has 0 aliphatic carbocycles. The first-order valence-corrected chi connectivity index (χ1v) is 3.42. The Hall–Kier alpha value is -1.49. The zero-order valence-corrected chi connectivity index (χ0v) is 6.70. The van der Waals surface area contributed by atoms with Gasteiger partial charge in [0.25, 0.3) is 0 Å². The van der Waals surface area contributed by atoms with Crippen molar-refractivity contribution in [2.24, 2.45) is 0 Å². The summed E-state index contributed by atoms with van der Waals surface area (Å²) in [4.78, 5) is 4.06. The average Bonchev–Trinajstić information content (AvgIpc) is 2.37. The molecular formula is C9H10N2. The Morgan fingerprint density at radius 3 is 3.00 bits per heavy atom. The summed E-state index contributed by atoms with van der Waals surface area (Å²) < 4.78 is 1.87. The first kappa shape index (κ1) is 7.62. The monoisotopic (exact) mass is 146 g/mol. The SMILES string of the molecule is CC#C/C=C/n1cnc(C)c1. The van der Waals surface area contributed by atoms with E-state index in [0.717, 1.165) is 5.69 Å². The van der Waals surface area contributed by atoms with Crippen molar-refractivity contribution >= 4 is 6.20 Å². The van der Waals surface area contributed by atoms with Crippen molar-refractivity contribution in [3.8, 4) is 11.8 Å². The largest absolute Gasteiger partial charge is 0.312 e. The van der Waals surface area contributed by atoms with Crippen LogP contribution in [-0.2, 0) is 0 Å². The Morgan fingerprint density at radius 2 is 2.45 bits per heavy atom. The normalized spacial score (nSPS) is 9.64. The highest BCUT2D eigenvalue weighted by Gasteiger charge is 1.85. The summed E-state index contributed by atoms with van der Waals surface area (Å²) in [6, 6.07) is 0. The van der Waals surface area contributed by atoms with Crippen LogP contribution in [0.15, 0.2) is 18.6 Å². The van der Waals surface area contributed by atoms with Gasteiger partial charge in [-0.3, -0.25) is 0 Å². The van der Waals surface area contributed by atoms with Crippen LogP contribution in [0.4, 0.5) is 0 Å². The van der Waals surface area contributed by atoms with Crippen molar-refractivity contribution in [1.82, 2.24) is 9.55 Å². The van der Waals surface area contributed by atoms with Gasteiger partial charge in [0, 0.05) is 18.5 Å². The summed E-state index contributed by atoms with van der Waals surface area (Å²) >= 11 is 0. The minimum absolute atomic E-state index is 1.01. The Bertz CT molecular complexity index is 310. The quantitative estimate of drug-likeness (QED) is 0.551. The van der Waals surface area contributed by atoms with Gasteiger partial charge in [-0.1, -0.05) is 5.92 Å². The third-order valence-electron chi connectivity index (χ3n) is 1.20. The minimum atomic E-state index is 1.01. The van der Waals surface area contributed by atoms with Crippen LogP contribution in [0.5, 0.6) is 0 Å². The lowest BCUT2D eigenvalue weighted by Crippen LogP contribution is -1.76. The Morgan fingerprint density at radius 1 is 1.64 bits per heavy atom. The van der Waals surface area contributed by atoms with E-state index in [-0.39, 0.29) is 0 Å². The van der Waals surface area contributed by atoms with Gasteiger partial charge in [0.1, 0.15) is 0 Å². The molecule has 0 saturated heterocycles. The maximum absolute atomic E-state index is 4.06. The van der Waals surface area contributed by atoms with Crippen LogP contribution < -0.4 is 0 Å². The third-order valence-corrected chi connectivity index (χ3v) is 1.20. The highest BCUT2D eigenvalue weighted by Crippen LogP contribution is 1.92. The first-order valence-electron chi connectivity index (χ1n) is 3.42. The van der Waals surface area contributed by atoms with E-state index in [9.17, 15) is 0 Å². The van der Waals surface area contributed by atoms with Crippen LogP contribution in [0, 0.1) is 18.8 Å². The average molecular weight is 146 g/mol. The highest BCUT2D eigenvalue weighted by atomic mass is 15.0. The van der Waals surface area contributed by atoms with E-state index in [1.807, 2.05) is 30.8 Å². The molecule has 0 aliphatic heterocycles. The summed E-state index contributed by atoms with van der Waals surface area (Å²) in [5.41, 5.74) is 1.01. The number of nitrogens with zero attached hydrogens (tertiary/aromatic N) is 2. The number of imidazole rings is 1. The summed E-state index contributed by atoms with van der Waals surface area (Å²) in [7, 11) is 0. The van der Waals surface area contributed by atoms with Gasteiger partial charge in [0.05, 0.1) is 12.0 Å². The molecule has 0 aliphatic rings. The van der Waals surface area contributed by atoms with E-state index in [0.29, 0.717) is 0 Å². The van der Waals surface area contributed by atoms with Gasteiger partial charge in [0.15, 0.2) is 0 Å². The van der Waals surface area contributed by atoms with Crippen LogP contribution in [-0.4, -0.2) is 9.55 Å². The van der Waals surface area contributed by atoms with E-state index in [4.69, 9.17) is 0 Å². The first-order chi connectivity index (χ1) is 5.33. The van der Waals surface area contributed by atoms with Crippen molar-refractivity contribution < 1.29 is 0 Å². The molecule has 1 rings (SSSR count). The predicted octanol–water partition coefficient (Wildman–Crippen LogP) is 1.69. The van der Waals surface area contributed by atoms with Crippen molar-refractivity contribution in [2.45, 2.75) is 13.8 Å². The highest BCUT2D eigenvalue weighted by molar-refractivity contribution is 5.32. The Balaban J connectivity index is 2.69. The van der Waals surface area contributed by atoms with E-state index >= 15 is 0 Å². The van der Waals surface area contributed by atoms with E-state index in [1.54, 1.807) is 12.4 Å². The number of hydrogen-bond donors (Lipinski definition) is 0. The number of hydrogen-bond acceptors (Lipinski definition) is 1. The van der Waals surface area contributed by atoms with Crippen molar-refractivity contribution in [2.75, 3.05) is 0 Å². The Kier molecular flexibility index (Phi) is 2.51. The molecule has 1 heterocycles. The van der Waals surface area contributed by atoms with E-state index in [1.165, 1.54) is 0 Å². The molecule has 1 aromatic heterocycles. The van der Waals surface area contributed by atoms with Crippen LogP contribution in [0.25, 0.3) is 6.20 Å². The van der Waals surface area contributed by atoms with E-state index < -0.39 is 0 Å². The predicted molar refractivity (Wildman–Crippen MR) is 45.7 cm³/mol. The summed E-state index contributed by atoms with van der Waals surface area (Å²) in [5, 5.41) is 0. The van der Waals surface area contributed by atoms with Crippen LogP contribution in [0.2, 0.25) is 0 Å². The molecular weight excluding hydrogens is 136 g/mol. The fraction of sp³-hybridized carbons (Fsp3) is 0.222. The van der Waals surface area contributed by atoms with Gasteiger partial charge in [-0.15, -0.1) is 5.92 Å². The molecule has 0 N–H and O–H groups in total. The molecule has 11 heavy (non-hydrogen) atoms. The fourth-order valence-electron chi connectivity index (χ4n) is 0.728. The number of aryl methyl sites for hydroxylation is 1. The molecule has 0 fully saturated rings. The van der Waals surface area contributed by atoms with Gasteiger partial charge in [-0.2, -0.15) is 0 Å². The molecule has 0 atom stereocenters. The Labute approximate surface area is 66.6 Å². The lowest BCUT2D eigenvalue weighted by atomic mass is 10.5. The standard InChI is InChI=1S/C9H10N2/c1-3-4-5-6-11-7-9(2)10-8-11/h5-8H,1-2H3/b6-5+. The maximum atomic E-state index is 4.06. The maximum Gasteiger partial charge on any atom is 0.0990 e. The number of aromatic nitrogens is 2. The van der Waals surface area contributed by atoms with Crippen molar-refractivity contribution in [3.63, 3.8) is 0 Å². The van der Waals surface area contributed by atoms with Gasteiger partial charge >= 0.3 is 0 Å². The van der Waals surface area contributed by atoms with Crippen molar-refractivity contribution in [1.29, 1.82) is 0 Å². The van der Waals surface area contributed by atoms with Gasteiger partial charge in [-0.05, 0) is 13.8 Å². The smallest absolute Gasteiger partial charge is 0.0990 e. The minimum Gasteiger partial charge on any atom is -0.312 e. The lowest BCUT2D eigenvalue weighted by molar-refractivity contribution is 1.14. The number of allylic oxidation sites excluding steroid dienone is 1. The molecule has 56 valence electrons. The zero-order chi connectivity index (χ0) is 8.10. The number of rotatable bonds is 1. The lowest BCUT2D eigenvalue weighted by Gasteiger charge is -1.84. The van der Waals surface area contributed by atoms with Gasteiger partial charge < -0.3 is 4.57 Å². The molecule has 1 aromatic rings. The topological polar surface area (TPSA) is 17.8 Å². The molecule has 2 heteroatoms. The second-order valence-electron chi connectivity index (χ2n) is 2.17. The summed E-state index contributed by atoms with van der Waals surface area (Å²) in [6.07, 6.45) is 7.36. The second kappa shape index (κ2) is 3.62.